The number of hydrogen-bond donors (Lipinski definition) is 1. The van der Waals surface area contributed by atoms with Crippen molar-refractivity contribution in [1.82, 2.24) is 15.1 Å². The number of anilines is 1. The molecule has 0 aliphatic heterocycles. The van der Waals surface area contributed by atoms with Crippen LogP contribution in [-0.4, -0.2) is 29.9 Å². The summed E-state index contributed by atoms with van der Waals surface area (Å²) in [4.78, 5) is 15.1. The molecule has 2 heterocycles. The van der Waals surface area contributed by atoms with Gasteiger partial charge in [0.05, 0.1) is 22.8 Å². The minimum Gasteiger partial charge on any atom is -0.373 e. The van der Waals surface area contributed by atoms with Crippen molar-refractivity contribution in [3.63, 3.8) is 0 Å². The van der Waals surface area contributed by atoms with Crippen molar-refractivity contribution in [3.05, 3.63) is 44.0 Å². The summed E-state index contributed by atoms with van der Waals surface area (Å²) in [5.74, 6) is 0. The van der Waals surface area contributed by atoms with Gasteiger partial charge in [-0.25, -0.2) is 4.68 Å². The van der Waals surface area contributed by atoms with Gasteiger partial charge >= 0.3 is 0 Å². The molecule has 0 fully saturated rings. The fourth-order valence-corrected chi connectivity index (χ4v) is 2.88. The summed E-state index contributed by atoms with van der Waals surface area (Å²) < 4.78 is 2.27. The lowest BCUT2D eigenvalue weighted by atomic mass is 10.4. The highest BCUT2D eigenvalue weighted by atomic mass is 35.5. The molecule has 0 aromatic carbocycles. The first-order valence-electron chi connectivity index (χ1n) is 6.83. The zero-order valence-corrected chi connectivity index (χ0v) is 13.7. The van der Waals surface area contributed by atoms with E-state index in [-0.39, 0.29) is 5.56 Å². The van der Waals surface area contributed by atoms with Gasteiger partial charge in [-0.05, 0) is 19.1 Å². The van der Waals surface area contributed by atoms with Gasteiger partial charge < -0.3 is 10.2 Å². The van der Waals surface area contributed by atoms with Gasteiger partial charge in [-0.3, -0.25) is 4.79 Å². The Morgan fingerprint density at radius 3 is 2.90 bits per heavy atom. The van der Waals surface area contributed by atoms with Crippen LogP contribution in [0.3, 0.4) is 0 Å². The van der Waals surface area contributed by atoms with E-state index in [4.69, 9.17) is 11.6 Å². The predicted octanol–water partition coefficient (Wildman–Crippen LogP) is 2.20. The van der Waals surface area contributed by atoms with Gasteiger partial charge in [-0.2, -0.15) is 5.10 Å². The molecule has 0 unspecified atom stereocenters. The van der Waals surface area contributed by atoms with E-state index in [1.807, 2.05) is 31.0 Å². The molecule has 0 aliphatic rings. The largest absolute Gasteiger partial charge is 0.373 e. The number of hydrogen-bond acceptors (Lipinski definition) is 5. The lowest BCUT2D eigenvalue weighted by Crippen LogP contribution is -2.29. The van der Waals surface area contributed by atoms with E-state index in [9.17, 15) is 4.79 Å². The Balaban J connectivity index is 1.84. The van der Waals surface area contributed by atoms with Gasteiger partial charge in [0, 0.05) is 37.6 Å². The van der Waals surface area contributed by atoms with Crippen LogP contribution in [0.1, 0.15) is 11.8 Å². The molecule has 0 radical (unpaired) electrons. The first kappa shape index (κ1) is 16.0. The van der Waals surface area contributed by atoms with E-state index in [2.05, 4.69) is 10.4 Å². The molecule has 0 aliphatic carbocycles. The molecular weight excluding hydrogens is 308 g/mol. The summed E-state index contributed by atoms with van der Waals surface area (Å²) in [6.45, 7) is 4.87. The molecule has 1 N–H and O–H groups in total. The average Bonchev–Trinajstić information content (AvgIpc) is 2.89. The van der Waals surface area contributed by atoms with E-state index in [1.54, 1.807) is 23.6 Å². The maximum atomic E-state index is 12.0. The summed E-state index contributed by atoms with van der Waals surface area (Å²) in [5, 5.41) is 7.48. The molecule has 0 saturated carbocycles. The molecule has 2 rings (SSSR count). The molecule has 21 heavy (non-hydrogen) atoms. The van der Waals surface area contributed by atoms with Crippen molar-refractivity contribution < 1.29 is 0 Å². The fourth-order valence-electron chi connectivity index (χ4n) is 1.83. The third-order valence-electron chi connectivity index (χ3n) is 3.20. The first-order chi connectivity index (χ1) is 10.1. The van der Waals surface area contributed by atoms with Crippen molar-refractivity contribution in [1.29, 1.82) is 0 Å². The van der Waals surface area contributed by atoms with E-state index >= 15 is 0 Å². The number of nitrogens with zero attached hydrogens (tertiary/aromatic N) is 3. The third kappa shape index (κ3) is 4.56. The molecular formula is C14H19ClN4OS. The van der Waals surface area contributed by atoms with E-state index in [1.165, 1.54) is 9.56 Å². The summed E-state index contributed by atoms with van der Waals surface area (Å²) in [7, 11) is 1.94. The molecule has 0 saturated heterocycles. The molecule has 114 valence electrons. The molecule has 5 nitrogen and oxygen atoms in total. The standard InChI is InChI=1S/C14H19ClN4OS/c1-3-18(2)11-8-14(20)19(17-9-11)7-6-16-10-12-4-5-13(15)21-12/h4-5,8-9,16H,3,6-7,10H2,1-2H3. The topological polar surface area (TPSA) is 50.2 Å². The molecule has 0 spiro atoms. The smallest absolute Gasteiger partial charge is 0.268 e. The Kier molecular flexibility index (Phi) is 5.78. The Bertz CT molecular complexity index is 640. The quantitative estimate of drug-likeness (QED) is 0.793. The molecule has 2 aromatic rings. The van der Waals surface area contributed by atoms with Crippen LogP contribution in [0.5, 0.6) is 0 Å². The maximum absolute atomic E-state index is 12.0. The molecule has 0 amide bonds. The number of nitrogens with one attached hydrogen (secondary N) is 1. The van der Waals surface area contributed by atoms with Crippen molar-refractivity contribution >= 4 is 28.6 Å². The van der Waals surface area contributed by atoms with Crippen LogP contribution in [-0.2, 0) is 13.1 Å². The number of rotatable bonds is 7. The lowest BCUT2D eigenvalue weighted by molar-refractivity contribution is 0.533. The molecule has 7 heteroatoms. The number of thiophene rings is 1. The normalized spacial score (nSPS) is 10.8. The SMILES string of the molecule is CCN(C)c1cnn(CCNCc2ccc(Cl)s2)c(=O)c1. The molecule has 0 atom stereocenters. The van der Waals surface area contributed by atoms with Crippen molar-refractivity contribution in [2.75, 3.05) is 25.0 Å². The summed E-state index contributed by atoms with van der Waals surface area (Å²) in [6, 6.07) is 5.51. The highest BCUT2D eigenvalue weighted by Crippen LogP contribution is 2.20. The van der Waals surface area contributed by atoms with Crippen LogP contribution in [0.4, 0.5) is 5.69 Å². The third-order valence-corrected chi connectivity index (χ3v) is 4.43. The van der Waals surface area contributed by atoms with Gasteiger partial charge in [0.15, 0.2) is 0 Å². The zero-order chi connectivity index (χ0) is 15.2. The van der Waals surface area contributed by atoms with Gasteiger partial charge in [-0.15, -0.1) is 11.3 Å². The summed E-state index contributed by atoms with van der Waals surface area (Å²) in [6.07, 6.45) is 1.73. The summed E-state index contributed by atoms with van der Waals surface area (Å²) >= 11 is 7.43. The Labute approximate surface area is 133 Å². The maximum Gasteiger partial charge on any atom is 0.268 e. The Morgan fingerprint density at radius 1 is 1.48 bits per heavy atom. The van der Waals surface area contributed by atoms with E-state index in [0.717, 1.165) is 23.1 Å². The van der Waals surface area contributed by atoms with Crippen LogP contribution in [0, 0.1) is 0 Å². The molecule has 0 bridgehead atoms. The highest BCUT2D eigenvalue weighted by molar-refractivity contribution is 7.16. The Hall–Kier alpha value is -1.37. The fraction of sp³-hybridized carbons (Fsp3) is 0.429. The van der Waals surface area contributed by atoms with Gasteiger partial charge in [-0.1, -0.05) is 11.6 Å². The van der Waals surface area contributed by atoms with Crippen molar-refractivity contribution in [3.8, 4) is 0 Å². The summed E-state index contributed by atoms with van der Waals surface area (Å²) in [5.41, 5.74) is 0.772. The van der Waals surface area contributed by atoms with Crippen LogP contribution < -0.4 is 15.8 Å². The second-order valence-electron chi connectivity index (χ2n) is 4.67. The zero-order valence-electron chi connectivity index (χ0n) is 12.2. The van der Waals surface area contributed by atoms with Crippen LogP contribution in [0.2, 0.25) is 4.34 Å². The first-order valence-corrected chi connectivity index (χ1v) is 8.03. The van der Waals surface area contributed by atoms with Gasteiger partial charge in [0.2, 0.25) is 0 Å². The minimum absolute atomic E-state index is 0.0752. The average molecular weight is 327 g/mol. The van der Waals surface area contributed by atoms with E-state index in [0.29, 0.717) is 13.1 Å². The monoisotopic (exact) mass is 326 g/mol. The van der Waals surface area contributed by atoms with Crippen LogP contribution in [0.15, 0.2) is 29.2 Å². The second-order valence-corrected chi connectivity index (χ2v) is 6.47. The predicted molar refractivity (Wildman–Crippen MR) is 88.5 cm³/mol. The molecule has 2 aromatic heterocycles. The lowest BCUT2D eigenvalue weighted by Gasteiger charge is -2.16. The van der Waals surface area contributed by atoms with Crippen LogP contribution >= 0.6 is 22.9 Å². The highest BCUT2D eigenvalue weighted by Gasteiger charge is 2.03. The van der Waals surface area contributed by atoms with Gasteiger partial charge in [0.25, 0.3) is 5.56 Å². The van der Waals surface area contributed by atoms with Gasteiger partial charge in [0.1, 0.15) is 0 Å². The van der Waals surface area contributed by atoms with E-state index < -0.39 is 0 Å². The van der Waals surface area contributed by atoms with Crippen molar-refractivity contribution in [2.45, 2.75) is 20.0 Å². The van der Waals surface area contributed by atoms with Crippen molar-refractivity contribution in [2.24, 2.45) is 0 Å². The number of halogens is 1. The van der Waals surface area contributed by atoms with Crippen LogP contribution in [0.25, 0.3) is 0 Å². The number of aromatic nitrogens is 2. The second kappa shape index (κ2) is 7.59. The minimum atomic E-state index is -0.0752. The Morgan fingerprint density at radius 2 is 2.29 bits per heavy atom.